The lowest BCUT2D eigenvalue weighted by atomic mass is 10.00. The van der Waals surface area contributed by atoms with Gasteiger partial charge in [-0.3, -0.25) is 53.1 Å². The standard InChI is InChI=1S/C55H79N15O10/c1-34(2)29-41(48(56)75)66-49(76)40(18-11-26-63-55(59)60)65-47(74)33-70-28-12-27-61-45(72)19-9-20-46(73)64-39(17-10-25-62-54(57)58)50(77)67-43(31-37-21-23-38(71)24-22-37)51(78)68-42(30-35-13-5-3-6-14-35)52(79)69-44(53(70)80)32-36-15-7-4-8-16-36/h3-8,13-16,21-24,34,39-44,71H,9-12,17-20,25-33H2,1-2H3,(H2,56,75)(H,61,72)(H,64,73)(H,65,74)(H,66,76)(H,67,77)(H,68,78)(H,69,79)(H4,57,58,62)(H4,59,60,63)/t39-,40-,41-,42-,43-,44+/m0/s1. The summed E-state index contributed by atoms with van der Waals surface area (Å²) in [4.78, 5) is 135. The highest BCUT2D eigenvalue weighted by Crippen LogP contribution is 2.15. The topological polar surface area (TPSA) is 416 Å². The molecule has 0 aromatic heterocycles. The molecule has 25 heteroatoms. The number of aliphatic imine (C=N–C) groups is 2. The van der Waals surface area contributed by atoms with Crippen molar-refractivity contribution in [1.82, 2.24) is 42.1 Å². The minimum atomic E-state index is -1.40. The van der Waals surface area contributed by atoms with Crippen LogP contribution in [0, 0.1) is 5.92 Å². The zero-order chi connectivity index (χ0) is 58.6. The summed E-state index contributed by atoms with van der Waals surface area (Å²) in [6.07, 6.45) is 0.320. The Labute approximate surface area is 465 Å². The molecule has 80 heavy (non-hydrogen) atoms. The highest BCUT2D eigenvalue weighted by Gasteiger charge is 2.35. The fourth-order valence-electron chi connectivity index (χ4n) is 8.70. The van der Waals surface area contributed by atoms with E-state index in [1.54, 1.807) is 72.8 Å². The molecule has 0 spiro atoms. The number of nitrogens with two attached hydrogens (primary N) is 5. The Hall–Kier alpha value is -8.77. The molecule has 9 amide bonds. The van der Waals surface area contributed by atoms with Crippen LogP contribution in [0.25, 0.3) is 0 Å². The van der Waals surface area contributed by atoms with E-state index < -0.39 is 96.0 Å². The van der Waals surface area contributed by atoms with Crippen molar-refractivity contribution < 1.29 is 48.3 Å². The smallest absolute Gasteiger partial charge is 0.245 e. The quantitative estimate of drug-likeness (QED) is 0.0309. The minimum Gasteiger partial charge on any atom is -0.508 e. The van der Waals surface area contributed by atoms with Gasteiger partial charge in [-0.1, -0.05) is 86.6 Å². The molecule has 3 aromatic rings. The van der Waals surface area contributed by atoms with E-state index in [9.17, 15) is 43.5 Å². The highest BCUT2D eigenvalue weighted by molar-refractivity contribution is 5.97. The molecule has 1 saturated heterocycles. The Morgan fingerprint density at radius 2 is 1.14 bits per heavy atom. The van der Waals surface area contributed by atoms with Gasteiger partial charge in [0.05, 0.1) is 6.54 Å². The van der Waals surface area contributed by atoms with Crippen molar-refractivity contribution in [3.8, 4) is 5.75 Å². The number of benzene rings is 3. The van der Waals surface area contributed by atoms with Gasteiger partial charge in [0, 0.05) is 58.3 Å². The Morgan fingerprint density at radius 3 is 1.69 bits per heavy atom. The first kappa shape index (κ1) is 63.8. The van der Waals surface area contributed by atoms with Gasteiger partial charge in [-0.2, -0.15) is 0 Å². The van der Waals surface area contributed by atoms with Gasteiger partial charge in [0.25, 0.3) is 0 Å². The van der Waals surface area contributed by atoms with Gasteiger partial charge in [0.1, 0.15) is 42.0 Å². The fourth-order valence-corrected chi connectivity index (χ4v) is 8.70. The molecule has 1 aliphatic heterocycles. The molecule has 25 nitrogen and oxygen atoms in total. The van der Waals surface area contributed by atoms with E-state index in [1.807, 2.05) is 13.8 Å². The summed E-state index contributed by atoms with van der Waals surface area (Å²) in [7, 11) is 0. The average molecular weight is 1110 g/mol. The highest BCUT2D eigenvalue weighted by atomic mass is 16.3. The Morgan fingerprint density at radius 1 is 0.625 bits per heavy atom. The summed E-state index contributed by atoms with van der Waals surface area (Å²) in [5.41, 5.74) is 29.5. The summed E-state index contributed by atoms with van der Waals surface area (Å²) in [5, 5.41) is 29.3. The predicted molar refractivity (Wildman–Crippen MR) is 300 cm³/mol. The fraction of sp³-hybridized carbons (Fsp3) is 0.473. The van der Waals surface area contributed by atoms with Crippen LogP contribution in [0.2, 0.25) is 0 Å². The number of phenols is 1. The van der Waals surface area contributed by atoms with Crippen molar-refractivity contribution in [2.45, 2.75) is 127 Å². The van der Waals surface area contributed by atoms with Gasteiger partial charge in [-0.25, -0.2) is 0 Å². The molecule has 1 fully saturated rings. The van der Waals surface area contributed by atoms with Gasteiger partial charge in [0.15, 0.2) is 11.9 Å². The maximum Gasteiger partial charge on any atom is 0.245 e. The zero-order valence-corrected chi connectivity index (χ0v) is 45.5. The van der Waals surface area contributed by atoms with Gasteiger partial charge >= 0.3 is 0 Å². The van der Waals surface area contributed by atoms with Crippen molar-refractivity contribution >= 4 is 65.1 Å². The van der Waals surface area contributed by atoms with Crippen LogP contribution >= 0.6 is 0 Å². The SMILES string of the molecule is CC(C)C[C@H](NC(=O)[C@H](CCCN=C(N)N)NC(=O)CN1CCCNC(=O)CCCC(=O)N[C@@H](CCCN=C(N)N)C(=O)N[C@@H](Cc2ccc(O)cc2)C(=O)N[C@@H](Cc2ccccc2)C(=O)N[C@H](Cc2ccccc2)C1=O)C(N)=O. The van der Waals surface area contributed by atoms with Crippen LogP contribution in [-0.2, 0) is 62.4 Å². The maximum absolute atomic E-state index is 15.2. The molecule has 434 valence electrons. The van der Waals surface area contributed by atoms with Crippen molar-refractivity contribution in [3.05, 3.63) is 102 Å². The van der Waals surface area contributed by atoms with E-state index >= 15 is 4.79 Å². The zero-order valence-electron chi connectivity index (χ0n) is 45.5. The maximum atomic E-state index is 15.2. The number of carbonyl (C=O) groups is 9. The molecular formula is C55H79N15O10. The van der Waals surface area contributed by atoms with Gasteiger partial charge in [-0.15, -0.1) is 0 Å². The first-order valence-corrected chi connectivity index (χ1v) is 26.8. The summed E-state index contributed by atoms with van der Waals surface area (Å²) < 4.78 is 0. The summed E-state index contributed by atoms with van der Waals surface area (Å²) in [6, 6.07) is 15.7. The van der Waals surface area contributed by atoms with Gasteiger partial charge in [-0.05, 0) is 79.7 Å². The second-order valence-electron chi connectivity index (χ2n) is 20.0. The Kier molecular flexibility index (Phi) is 26.7. The molecule has 0 radical (unpaired) electrons. The van der Waals surface area contributed by atoms with Crippen LogP contribution < -0.4 is 65.9 Å². The first-order chi connectivity index (χ1) is 38.2. The molecule has 0 aliphatic carbocycles. The lowest BCUT2D eigenvalue weighted by Crippen LogP contribution is -2.60. The van der Waals surface area contributed by atoms with E-state index in [0.29, 0.717) is 16.7 Å². The Balaban J connectivity index is 1.78. The van der Waals surface area contributed by atoms with Crippen LogP contribution in [0.15, 0.2) is 94.9 Å². The molecule has 1 heterocycles. The molecule has 0 unspecified atom stereocenters. The normalized spacial score (nSPS) is 19.0. The second-order valence-corrected chi connectivity index (χ2v) is 20.0. The van der Waals surface area contributed by atoms with E-state index in [0.717, 1.165) is 0 Å². The third-order valence-corrected chi connectivity index (χ3v) is 12.8. The number of rotatable bonds is 22. The lowest BCUT2D eigenvalue weighted by molar-refractivity contribution is -0.140. The van der Waals surface area contributed by atoms with Gasteiger partial charge in [0.2, 0.25) is 53.2 Å². The number of primary amides is 1. The molecule has 18 N–H and O–H groups in total. The van der Waals surface area contributed by atoms with Crippen LogP contribution in [0.4, 0.5) is 0 Å². The van der Waals surface area contributed by atoms with E-state index in [4.69, 9.17) is 28.7 Å². The molecule has 3 aromatic carbocycles. The van der Waals surface area contributed by atoms with E-state index in [1.165, 1.54) is 17.0 Å². The van der Waals surface area contributed by atoms with Crippen molar-refractivity contribution in [3.63, 3.8) is 0 Å². The van der Waals surface area contributed by atoms with E-state index in [-0.39, 0.29) is 127 Å². The molecule has 4 rings (SSSR count). The van der Waals surface area contributed by atoms with Crippen molar-refractivity contribution in [2.75, 3.05) is 32.7 Å². The summed E-state index contributed by atoms with van der Waals surface area (Å²) in [5.74, 6) is -6.82. The Bertz CT molecular complexity index is 2600. The lowest BCUT2D eigenvalue weighted by Gasteiger charge is -2.30. The van der Waals surface area contributed by atoms with E-state index in [2.05, 4.69) is 47.2 Å². The number of hydrogen-bond donors (Lipinski definition) is 13. The molecule has 0 saturated carbocycles. The monoisotopic (exact) mass is 1110 g/mol. The number of amides is 9. The molecule has 0 bridgehead atoms. The van der Waals surface area contributed by atoms with Crippen LogP contribution in [0.1, 0.15) is 88.3 Å². The summed E-state index contributed by atoms with van der Waals surface area (Å²) >= 11 is 0. The number of phenolic OH excluding ortho intramolecular Hbond substituents is 1. The van der Waals surface area contributed by atoms with Crippen molar-refractivity contribution in [1.29, 1.82) is 0 Å². The average Bonchev–Trinajstić information content (AvgIpc) is 3.41. The number of hydrogen-bond acceptors (Lipinski definition) is 12. The molecule has 6 atom stereocenters. The number of nitrogens with one attached hydrogen (secondary N) is 7. The summed E-state index contributed by atoms with van der Waals surface area (Å²) in [6.45, 7) is 3.12. The van der Waals surface area contributed by atoms with Crippen LogP contribution in [0.5, 0.6) is 5.75 Å². The third-order valence-electron chi connectivity index (χ3n) is 12.8. The number of guanidine groups is 2. The number of nitrogens with zero attached hydrogens (tertiary/aromatic N) is 3. The number of aromatic hydroxyl groups is 1. The van der Waals surface area contributed by atoms with Crippen molar-refractivity contribution in [2.24, 2.45) is 44.6 Å². The van der Waals surface area contributed by atoms with Crippen LogP contribution in [-0.4, -0.2) is 144 Å². The molecule has 1 aliphatic rings. The minimum absolute atomic E-state index is 0.00508. The molecular weight excluding hydrogens is 1030 g/mol. The predicted octanol–water partition coefficient (Wildman–Crippen LogP) is -1.51. The first-order valence-electron chi connectivity index (χ1n) is 26.8. The second kappa shape index (κ2) is 33.5. The third kappa shape index (κ3) is 23.9. The largest absolute Gasteiger partial charge is 0.508 e. The number of carbonyl (C=O) groups excluding carboxylic acids is 9. The van der Waals surface area contributed by atoms with Crippen LogP contribution in [0.3, 0.4) is 0 Å². The van der Waals surface area contributed by atoms with Gasteiger partial charge < -0.3 is 75.9 Å².